The Morgan fingerprint density at radius 1 is 1.30 bits per heavy atom. The summed E-state index contributed by atoms with van der Waals surface area (Å²) in [5.41, 5.74) is 5.88. The first-order valence-electron chi connectivity index (χ1n) is 6.52. The number of benzene rings is 1. The summed E-state index contributed by atoms with van der Waals surface area (Å²) in [6.45, 7) is 3.27. The molecule has 0 aliphatic heterocycles. The fourth-order valence-corrected chi connectivity index (χ4v) is 2.70. The zero-order chi connectivity index (χ0) is 15.0. The van der Waals surface area contributed by atoms with E-state index in [9.17, 15) is 8.42 Å². The minimum absolute atomic E-state index is 0.0480. The van der Waals surface area contributed by atoms with Gasteiger partial charge in [-0.05, 0) is 18.6 Å². The molecule has 0 spiro atoms. The van der Waals surface area contributed by atoms with Crippen molar-refractivity contribution in [1.82, 2.24) is 4.72 Å². The smallest absolute Gasteiger partial charge is 0.242 e. The van der Waals surface area contributed by atoms with Crippen LogP contribution in [0.4, 0.5) is 5.69 Å². The van der Waals surface area contributed by atoms with Crippen molar-refractivity contribution < 1.29 is 17.9 Å². The molecule has 0 atom stereocenters. The van der Waals surface area contributed by atoms with E-state index < -0.39 is 10.0 Å². The SMILES string of the molecule is CCCCOCCNS(=O)(=O)c1ccc(OC)cc1N. The Morgan fingerprint density at radius 2 is 2.05 bits per heavy atom. The lowest BCUT2D eigenvalue weighted by atomic mass is 10.3. The van der Waals surface area contributed by atoms with Gasteiger partial charge in [0, 0.05) is 19.2 Å². The first-order valence-corrected chi connectivity index (χ1v) is 8.00. The fraction of sp³-hybridized carbons (Fsp3) is 0.538. The summed E-state index contributed by atoms with van der Waals surface area (Å²) in [5, 5.41) is 0. The second-order valence-electron chi connectivity index (χ2n) is 4.27. The van der Waals surface area contributed by atoms with E-state index >= 15 is 0 Å². The Labute approximate surface area is 120 Å². The number of nitrogen functional groups attached to an aromatic ring is 1. The molecule has 0 radical (unpaired) electrons. The van der Waals surface area contributed by atoms with Crippen molar-refractivity contribution in [2.45, 2.75) is 24.7 Å². The Hall–Kier alpha value is -1.31. The van der Waals surface area contributed by atoms with E-state index in [0.717, 1.165) is 12.8 Å². The highest BCUT2D eigenvalue weighted by Crippen LogP contribution is 2.23. The zero-order valence-corrected chi connectivity index (χ0v) is 12.7. The predicted molar refractivity (Wildman–Crippen MR) is 78.3 cm³/mol. The van der Waals surface area contributed by atoms with E-state index in [0.29, 0.717) is 19.0 Å². The molecule has 1 rings (SSSR count). The number of nitrogens with two attached hydrogens (primary N) is 1. The summed E-state index contributed by atoms with van der Waals surface area (Å²) in [6.07, 6.45) is 2.02. The number of methoxy groups -OCH3 is 1. The molecule has 1 aromatic carbocycles. The van der Waals surface area contributed by atoms with Gasteiger partial charge in [-0.25, -0.2) is 13.1 Å². The van der Waals surface area contributed by atoms with Crippen LogP contribution in [-0.4, -0.2) is 35.3 Å². The third-order valence-corrected chi connectivity index (χ3v) is 4.22. The molecule has 0 heterocycles. The van der Waals surface area contributed by atoms with Crippen molar-refractivity contribution in [2.75, 3.05) is 32.6 Å². The van der Waals surface area contributed by atoms with E-state index in [1.165, 1.54) is 19.2 Å². The van der Waals surface area contributed by atoms with Crippen LogP contribution >= 0.6 is 0 Å². The van der Waals surface area contributed by atoms with Crippen molar-refractivity contribution in [2.24, 2.45) is 0 Å². The molecule has 1 aromatic rings. The largest absolute Gasteiger partial charge is 0.497 e. The summed E-state index contributed by atoms with van der Waals surface area (Å²) in [7, 11) is -2.12. The first kappa shape index (κ1) is 16.7. The fourth-order valence-electron chi connectivity index (χ4n) is 1.57. The molecule has 0 bridgehead atoms. The summed E-state index contributed by atoms with van der Waals surface area (Å²) in [4.78, 5) is 0.0480. The molecule has 7 heteroatoms. The minimum Gasteiger partial charge on any atom is -0.497 e. The van der Waals surface area contributed by atoms with Crippen molar-refractivity contribution in [3.8, 4) is 5.75 Å². The number of hydrogen-bond acceptors (Lipinski definition) is 5. The second-order valence-corrected chi connectivity index (χ2v) is 6.00. The lowest BCUT2D eigenvalue weighted by Gasteiger charge is -2.10. The lowest BCUT2D eigenvalue weighted by molar-refractivity contribution is 0.136. The summed E-state index contributed by atoms with van der Waals surface area (Å²) < 4.78 is 36.8. The highest BCUT2D eigenvalue weighted by molar-refractivity contribution is 7.89. The molecule has 6 nitrogen and oxygen atoms in total. The normalized spacial score (nSPS) is 11.5. The van der Waals surface area contributed by atoms with Gasteiger partial charge < -0.3 is 15.2 Å². The highest BCUT2D eigenvalue weighted by Gasteiger charge is 2.17. The number of hydrogen-bond donors (Lipinski definition) is 2. The van der Waals surface area contributed by atoms with E-state index in [-0.39, 0.29) is 17.1 Å². The summed E-state index contributed by atoms with van der Waals surface area (Å²) >= 11 is 0. The average Bonchev–Trinajstić information content (AvgIpc) is 2.42. The third kappa shape index (κ3) is 4.99. The van der Waals surface area contributed by atoms with E-state index in [1.807, 2.05) is 0 Å². The van der Waals surface area contributed by atoms with Crippen molar-refractivity contribution in [1.29, 1.82) is 0 Å². The van der Waals surface area contributed by atoms with Crippen LogP contribution in [-0.2, 0) is 14.8 Å². The quantitative estimate of drug-likeness (QED) is 0.531. The van der Waals surface area contributed by atoms with Gasteiger partial charge in [-0.15, -0.1) is 0 Å². The van der Waals surface area contributed by atoms with Crippen LogP contribution in [0.15, 0.2) is 23.1 Å². The van der Waals surface area contributed by atoms with Crippen LogP contribution < -0.4 is 15.2 Å². The van der Waals surface area contributed by atoms with Crippen LogP contribution in [0.25, 0.3) is 0 Å². The Balaban J connectivity index is 2.56. The molecule has 0 saturated heterocycles. The molecule has 0 aromatic heterocycles. The highest BCUT2D eigenvalue weighted by atomic mass is 32.2. The van der Waals surface area contributed by atoms with Gasteiger partial charge in [0.05, 0.1) is 19.4 Å². The van der Waals surface area contributed by atoms with Crippen LogP contribution in [0.1, 0.15) is 19.8 Å². The molecular formula is C13H22N2O4S. The molecule has 20 heavy (non-hydrogen) atoms. The van der Waals surface area contributed by atoms with Crippen LogP contribution in [0.3, 0.4) is 0 Å². The minimum atomic E-state index is -3.62. The standard InChI is InChI=1S/C13H22N2O4S/c1-3-4-8-19-9-7-15-20(16,17)13-6-5-11(18-2)10-12(13)14/h5-6,10,15H,3-4,7-9,14H2,1-2H3. The average molecular weight is 302 g/mol. The van der Waals surface area contributed by atoms with Crippen LogP contribution in [0, 0.1) is 0 Å². The van der Waals surface area contributed by atoms with Gasteiger partial charge in [0.1, 0.15) is 10.6 Å². The predicted octanol–water partition coefficient (Wildman–Crippen LogP) is 1.37. The van der Waals surface area contributed by atoms with E-state index in [2.05, 4.69) is 11.6 Å². The Morgan fingerprint density at radius 3 is 2.65 bits per heavy atom. The van der Waals surface area contributed by atoms with Crippen molar-refractivity contribution >= 4 is 15.7 Å². The van der Waals surface area contributed by atoms with Gasteiger partial charge >= 0.3 is 0 Å². The molecule has 0 aliphatic carbocycles. The Bertz CT molecular complexity index is 517. The second kappa shape index (κ2) is 8.08. The van der Waals surface area contributed by atoms with Crippen molar-refractivity contribution in [3.63, 3.8) is 0 Å². The molecule has 0 unspecified atom stereocenters. The van der Waals surface area contributed by atoms with Gasteiger partial charge in [-0.2, -0.15) is 0 Å². The Kier molecular flexibility index (Phi) is 6.77. The number of unbranched alkanes of at least 4 members (excludes halogenated alkanes) is 1. The summed E-state index contributed by atoms with van der Waals surface area (Å²) in [5.74, 6) is 0.518. The molecule has 114 valence electrons. The number of anilines is 1. The van der Waals surface area contributed by atoms with Crippen molar-refractivity contribution in [3.05, 3.63) is 18.2 Å². The van der Waals surface area contributed by atoms with E-state index in [1.54, 1.807) is 6.07 Å². The molecule has 0 fully saturated rings. The van der Waals surface area contributed by atoms with Gasteiger partial charge in [0.15, 0.2) is 0 Å². The molecule has 0 aliphatic rings. The van der Waals surface area contributed by atoms with Crippen LogP contribution in [0.5, 0.6) is 5.75 Å². The van der Waals surface area contributed by atoms with Crippen LogP contribution in [0.2, 0.25) is 0 Å². The number of rotatable bonds is 9. The molecule has 3 N–H and O–H groups in total. The maximum absolute atomic E-state index is 12.1. The molecule has 0 saturated carbocycles. The van der Waals surface area contributed by atoms with Gasteiger partial charge in [-0.3, -0.25) is 0 Å². The maximum Gasteiger partial charge on any atom is 0.242 e. The number of nitrogens with one attached hydrogen (secondary N) is 1. The van der Waals surface area contributed by atoms with Gasteiger partial charge in [0.25, 0.3) is 0 Å². The van der Waals surface area contributed by atoms with E-state index in [4.69, 9.17) is 15.2 Å². The monoisotopic (exact) mass is 302 g/mol. The zero-order valence-electron chi connectivity index (χ0n) is 11.9. The topological polar surface area (TPSA) is 90.6 Å². The summed E-state index contributed by atoms with van der Waals surface area (Å²) in [6, 6.07) is 4.46. The number of ether oxygens (including phenoxy) is 2. The number of sulfonamides is 1. The van der Waals surface area contributed by atoms with Gasteiger partial charge in [-0.1, -0.05) is 13.3 Å². The molecular weight excluding hydrogens is 280 g/mol. The molecule has 0 amide bonds. The van der Waals surface area contributed by atoms with Gasteiger partial charge in [0.2, 0.25) is 10.0 Å². The lowest BCUT2D eigenvalue weighted by Crippen LogP contribution is -2.28. The maximum atomic E-state index is 12.1. The third-order valence-electron chi connectivity index (χ3n) is 2.69. The first-order chi connectivity index (χ1) is 9.51.